The third-order valence-corrected chi connectivity index (χ3v) is 2.93. The van der Waals surface area contributed by atoms with E-state index in [0.717, 1.165) is 11.3 Å². The van der Waals surface area contributed by atoms with Crippen molar-refractivity contribution in [1.82, 2.24) is 0 Å². The molecule has 0 aliphatic rings. The molecule has 0 aromatic heterocycles. The van der Waals surface area contributed by atoms with Crippen LogP contribution >= 0.6 is 12.2 Å². The number of anilines is 1. The molecule has 4 nitrogen and oxygen atoms in total. The van der Waals surface area contributed by atoms with Gasteiger partial charge in [-0.3, -0.25) is 0 Å². The molecule has 0 radical (unpaired) electrons. The van der Waals surface area contributed by atoms with Crippen LogP contribution in [0.1, 0.15) is 18.9 Å². The minimum atomic E-state index is -0.826. The molecule has 0 aliphatic carbocycles. The van der Waals surface area contributed by atoms with Gasteiger partial charge in [0.15, 0.2) is 0 Å². The zero-order valence-corrected chi connectivity index (χ0v) is 10.7. The van der Waals surface area contributed by atoms with Crippen LogP contribution in [0.5, 0.6) is 0 Å². The topological polar surface area (TPSA) is 66.6 Å². The Morgan fingerprint density at radius 2 is 2.00 bits per heavy atom. The number of benzene rings is 1. The van der Waals surface area contributed by atoms with E-state index in [1.807, 2.05) is 19.1 Å². The molecule has 92 valence electrons. The summed E-state index contributed by atoms with van der Waals surface area (Å²) in [7, 11) is 1.76. The first-order valence-electron chi connectivity index (χ1n) is 5.32. The first-order chi connectivity index (χ1) is 7.97. The SMILES string of the molecule is CCC(C(=O)O)N(C)c1ccc(C(N)=S)cc1. The summed E-state index contributed by atoms with van der Waals surface area (Å²) in [5, 5.41) is 9.07. The lowest BCUT2D eigenvalue weighted by Crippen LogP contribution is -2.37. The second-order valence-electron chi connectivity index (χ2n) is 3.78. The normalized spacial score (nSPS) is 11.9. The number of hydrogen-bond acceptors (Lipinski definition) is 3. The molecule has 1 aromatic rings. The van der Waals surface area contributed by atoms with Crippen LogP contribution in [0.25, 0.3) is 0 Å². The van der Waals surface area contributed by atoms with E-state index in [2.05, 4.69) is 0 Å². The van der Waals surface area contributed by atoms with E-state index in [1.54, 1.807) is 24.1 Å². The van der Waals surface area contributed by atoms with Crippen molar-refractivity contribution in [2.45, 2.75) is 19.4 Å². The van der Waals surface area contributed by atoms with Crippen molar-refractivity contribution in [2.24, 2.45) is 5.73 Å². The Bertz CT molecular complexity index is 417. The quantitative estimate of drug-likeness (QED) is 0.779. The molecule has 0 aliphatic heterocycles. The van der Waals surface area contributed by atoms with Gasteiger partial charge in [0.05, 0.1) is 0 Å². The lowest BCUT2D eigenvalue weighted by atomic mass is 10.1. The Morgan fingerprint density at radius 1 is 1.47 bits per heavy atom. The minimum Gasteiger partial charge on any atom is -0.480 e. The van der Waals surface area contributed by atoms with Crippen molar-refractivity contribution in [1.29, 1.82) is 0 Å². The molecule has 0 saturated carbocycles. The van der Waals surface area contributed by atoms with Crippen molar-refractivity contribution in [3.63, 3.8) is 0 Å². The number of carboxylic acids is 1. The molecule has 0 saturated heterocycles. The summed E-state index contributed by atoms with van der Waals surface area (Å²) in [6, 6.07) is 6.71. The highest BCUT2D eigenvalue weighted by atomic mass is 32.1. The second-order valence-corrected chi connectivity index (χ2v) is 4.22. The van der Waals surface area contributed by atoms with Crippen molar-refractivity contribution < 1.29 is 9.90 Å². The summed E-state index contributed by atoms with van der Waals surface area (Å²) < 4.78 is 0. The summed E-state index contributed by atoms with van der Waals surface area (Å²) in [5.41, 5.74) is 7.11. The maximum atomic E-state index is 11.0. The zero-order valence-electron chi connectivity index (χ0n) is 9.88. The molecular weight excluding hydrogens is 236 g/mol. The number of carbonyl (C=O) groups is 1. The Kier molecular flexibility index (Phi) is 4.45. The van der Waals surface area contributed by atoms with Gasteiger partial charge in [-0.1, -0.05) is 19.1 Å². The average Bonchev–Trinajstić information content (AvgIpc) is 2.29. The van der Waals surface area contributed by atoms with E-state index in [0.29, 0.717) is 11.4 Å². The van der Waals surface area contributed by atoms with E-state index in [4.69, 9.17) is 23.1 Å². The summed E-state index contributed by atoms with van der Waals surface area (Å²) in [4.78, 5) is 13.1. The molecule has 0 spiro atoms. The molecule has 0 heterocycles. The Labute approximate surface area is 106 Å². The molecule has 17 heavy (non-hydrogen) atoms. The van der Waals surface area contributed by atoms with Gasteiger partial charge < -0.3 is 15.7 Å². The van der Waals surface area contributed by atoms with Crippen LogP contribution < -0.4 is 10.6 Å². The fraction of sp³-hybridized carbons (Fsp3) is 0.333. The van der Waals surface area contributed by atoms with Gasteiger partial charge in [0.2, 0.25) is 0 Å². The predicted molar refractivity (Wildman–Crippen MR) is 72.4 cm³/mol. The van der Waals surface area contributed by atoms with E-state index in [1.165, 1.54) is 0 Å². The highest BCUT2D eigenvalue weighted by Crippen LogP contribution is 2.17. The molecule has 1 unspecified atom stereocenters. The number of thiocarbonyl (C=S) groups is 1. The smallest absolute Gasteiger partial charge is 0.326 e. The molecule has 0 amide bonds. The second kappa shape index (κ2) is 5.63. The van der Waals surface area contributed by atoms with Gasteiger partial charge in [-0.05, 0) is 30.7 Å². The molecule has 0 fully saturated rings. The van der Waals surface area contributed by atoms with Crippen molar-refractivity contribution in [3.05, 3.63) is 29.8 Å². The average molecular weight is 252 g/mol. The van der Waals surface area contributed by atoms with Crippen LogP contribution in [0, 0.1) is 0 Å². The van der Waals surface area contributed by atoms with E-state index >= 15 is 0 Å². The van der Waals surface area contributed by atoms with E-state index in [-0.39, 0.29) is 0 Å². The Morgan fingerprint density at radius 3 is 2.35 bits per heavy atom. The van der Waals surface area contributed by atoms with Gasteiger partial charge in [-0.25, -0.2) is 4.79 Å². The summed E-state index contributed by atoms with van der Waals surface area (Å²) in [5.74, 6) is -0.826. The van der Waals surface area contributed by atoms with Crippen molar-refractivity contribution >= 4 is 28.9 Å². The maximum absolute atomic E-state index is 11.0. The first kappa shape index (κ1) is 13.4. The maximum Gasteiger partial charge on any atom is 0.326 e. The van der Waals surface area contributed by atoms with Gasteiger partial charge in [0.25, 0.3) is 0 Å². The fourth-order valence-corrected chi connectivity index (χ4v) is 1.79. The number of rotatable bonds is 5. The molecule has 0 bridgehead atoms. The third kappa shape index (κ3) is 3.17. The van der Waals surface area contributed by atoms with Crippen LogP contribution in [-0.2, 0) is 4.79 Å². The summed E-state index contributed by atoms with van der Waals surface area (Å²) in [6.07, 6.45) is 0.545. The lowest BCUT2D eigenvalue weighted by Gasteiger charge is -2.25. The monoisotopic (exact) mass is 252 g/mol. The number of aliphatic carboxylic acids is 1. The summed E-state index contributed by atoms with van der Waals surface area (Å²) in [6.45, 7) is 1.85. The molecule has 1 atom stereocenters. The Hall–Kier alpha value is -1.62. The molecule has 1 aromatic carbocycles. The van der Waals surface area contributed by atoms with Crippen LogP contribution in [0.15, 0.2) is 24.3 Å². The summed E-state index contributed by atoms with van der Waals surface area (Å²) >= 11 is 4.86. The van der Waals surface area contributed by atoms with Crippen molar-refractivity contribution in [2.75, 3.05) is 11.9 Å². The van der Waals surface area contributed by atoms with Gasteiger partial charge >= 0.3 is 5.97 Å². The third-order valence-electron chi connectivity index (χ3n) is 2.70. The number of nitrogens with zero attached hydrogens (tertiary/aromatic N) is 1. The highest BCUT2D eigenvalue weighted by Gasteiger charge is 2.20. The van der Waals surface area contributed by atoms with Crippen LogP contribution in [0.3, 0.4) is 0 Å². The minimum absolute atomic E-state index is 0.337. The number of carboxylic acid groups (broad SMARTS) is 1. The van der Waals surface area contributed by atoms with Crippen molar-refractivity contribution in [3.8, 4) is 0 Å². The Balaban J connectivity index is 2.92. The van der Waals surface area contributed by atoms with Gasteiger partial charge in [0.1, 0.15) is 11.0 Å². The zero-order chi connectivity index (χ0) is 13.0. The highest BCUT2D eigenvalue weighted by molar-refractivity contribution is 7.80. The molecule has 1 rings (SSSR count). The number of hydrogen-bond donors (Lipinski definition) is 2. The van der Waals surface area contributed by atoms with E-state index < -0.39 is 12.0 Å². The first-order valence-corrected chi connectivity index (χ1v) is 5.73. The largest absolute Gasteiger partial charge is 0.480 e. The predicted octanol–water partition coefficient (Wildman–Crippen LogP) is 1.62. The molecular formula is C12H16N2O2S. The number of likely N-dealkylation sites (N-methyl/N-ethyl adjacent to an activating group) is 1. The van der Waals surface area contributed by atoms with Gasteiger partial charge in [-0.15, -0.1) is 0 Å². The number of nitrogens with two attached hydrogens (primary N) is 1. The van der Waals surface area contributed by atoms with Gasteiger partial charge in [-0.2, -0.15) is 0 Å². The van der Waals surface area contributed by atoms with E-state index in [9.17, 15) is 4.79 Å². The molecule has 5 heteroatoms. The van der Waals surface area contributed by atoms with Crippen LogP contribution in [-0.4, -0.2) is 29.2 Å². The van der Waals surface area contributed by atoms with Crippen LogP contribution in [0.2, 0.25) is 0 Å². The lowest BCUT2D eigenvalue weighted by molar-refractivity contribution is -0.138. The molecule has 3 N–H and O–H groups in total. The van der Waals surface area contributed by atoms with Crippen LogP contribution in [0.4, 0.5) is 5.69 Å². The standard InChI is InChI=1S/C12H16N2O2S/c1-3-10(12(15)16)14(2)9-6-4-8(5-7-9)11(13)17/h4-7,10H,3H2,1-2H3,(H2,13,17)(H,15,16). The fourth-order valence-electron chi connectivity index (χ4n) is 1.65. The van der Waals surface area contributed by atoms with Gasteiger partial charge in [0, 0.05) is 18.3 Å².